The molecule has 1 heterocycles. The summed E-state index contributed by atoms with van der Waals surface area (Å²) in [5.41, 5.74) is 7.35. The summed E-state index contributed by atoms with van der Waals surface area (Å²) in [5.74, 6) is 0.213. The molecule has 2 atom stereocenters. The molecule has 98 valence electrons. The molecule has 1 fully saturated rings. The van der Waals surface area contributed by atoms with Gasteiger partial charge in [0.05, 0.1) is 18.4 Å². The highest BCUT2D eigenvalue weighted by molar-refractivity contribution is 5.95. The van der Waals surface area contributed by atoms with E-state index in [1.54, 1.807) is 0 Å². The smallest absolute Gasteiger partial charge is 0.339 e. The third-order valence-corrected chi connectivity index (χ3v) is 3.84. The van der Waals surface area contributed by atoms with Crippen molar-refractivity contribution in [2.24, 2.45) is 11.7 Å². The minimum absolute atomic E-state index is 0.283. The molecule has 0 radical (unpaired) electrons. The van der Waals surface area contributed by atoms with Gasteiger partial charge in [-0.25, -0.2) is 4.79 Å². The van der Waals surface area contributed by atoms with E-state index < -0.39 is 0 Å². The van der Waals surface area contributed by atoms with Gasteiger partial charge in [-0.1, -0.05) is 12.1 Å². The summed E-state index contributed by atoms with van der Waals surface area (Å²) in [7, 11) is 1.41. The van der Waals surface area contributed by atoms with E-state index >= 15 is 0 Å². The van der Waals surface area contributed by atoms with E-state index in [1.165, 1.54) is 7.11 Å². The van der Waals surface area contributed by atoms with Crippen LogP contribution in [0.4, 0.5) is 5.69 Å². The van der Waals surface area contributed by atoms with Crippen LogP contribution >= 0.6 is 0 Å². The lowest BCUT2D eigenvalue weighted by molar-refractivity contribution is 0.0601. The number of hydrogen-bond donors (Lipinski definition) is 1. The van der Waals surface area contributed by atoms with Gasteiger partial charge in [-0.2, -0.15) is 0 Å². The maximum Gasteiger partial charge on any atom is 0.339 e. The van der Waals surface area contributed by atoms with E-state index in [0.29, 0.717) is 24.1 Å². The number of anilines is 1. The zero-order valence-corrected chi connectivity index (χ0v) is 10.9. The number of ether oxygens (including phenoxy) is 1. The highest BCUT2D eigenvalue weighted by Gasteiger charge is 2.31. The Kier molecular flexibility index (Phi) is 3.87. The second-order valence-electron chi connectivity index (χ2n) is 4.73. The van der Waals surface area contributed by atoms with Crippen LogP contribution in [0.25, 0.3) is 0 Å². The Morgan fingerprint density at radius 2 is 2.22 bits per heavy atom. The Labute approximate surface area is 108 Å². The number of hydrogen-bond acceptors (Lipinski definition) is 4. The average Bonchev–Trinajstić information content (AvgIpc) is 2.78. The van der Waals surface area contributed by atoms with Gasteiger partial charge in [0.25, 0.3) is 0 Å². The van der Waals surface area contributed by atoms with Gasteiger partial charge in [0.15, 0.2) is 0 Å². The second kappa shape index (κ2) is 5.40. The maximum atomic E-state index is 11.8. The predicted octanol–water partition coefficient (Wildman–Crippen LogP) is 1.65. The molecule has 0 bridgehead atoms. The monoisotopic (exact) mass is 248 g/mol. The zero-order chi connectivity index (χ0) is 13.1. The number of carbonyl (C=O) groups is 1. The molecule has 4 heteroatoms. The van der Waals surface area contributed by atoms with Gasteiger partial charge in [0, 0.05) is 12.6 Å². The molecular formula is C14H20N2O2. The van der Waals surface area contributed by atoms with Crippen LogP contribution in [0.15, 0.2) is 24.3 Å². The molecule has 0 aliphatic carbocycles. The number of para-hydroxylation sites is 1. The number of nitrogens with zero attached hydrogens (tertiary/aromatic N) is 1. The van der Waals surface area contributed by atoms with Gasteiger partial charge in [0.2, 0.25) is 0 Å². The van der Waals surface area contributed by atoms with Crippen LogP contribution in [0.3, 0.4) is 0 Å². The molecule has 1 saturated heterocycles. The van der Waals surface area contributed by atoms with Crippen molar-refractivity contribution < 1.29 is 9.53 Å². The third kappa shape index (κ3) is 2.20. The third-order valence-electron chi connectivity index (χ3n) is 3.84. The summed E-state index contributed by atoms with van der Waals surface area (Å²) in [5, 5.41) is 0. The van der Waals surface area contributed by atoms with E-state index in [4.69, 9.17) is 10.5 Å². The lowest BCUT2D eigenvalue weighted by Crippen LogP contribution is -2.33. The molecule has 0 spiro atoms. The minimum Gasteiger partial charge on any atom is -0.465 e. The van der Waals surface area contributed by atoms with Crippen molar-refractivity contribution in [1.29, 1.82) is 0 Å². The van der Waals surface area contributed by atoms with E-state index in [1.807, 2.05) is 24.3 Å². The van der Waals surface area contributed by atoms with Crippen molar-refractivity contribution in [1.82, 2.24) is 0 Å². The molecule has 4 nitrogen and oxygen atoms in total. The summed E-state index contributed by atoms with van der Waals surface area (Å²) in [6.45, 7) is 3.80. The number of esters is 1. The fraction of sp³-hybridized carbons (Fsp3) is 0.500. The Hall–Kier alpha value is -1.55. The van der Waals surface area contributed by atoms with E-state index in [0.717, 1.165) is 18.7 Å². The minimum atomic E-state index is -0.283. The summed E-state index contributed by atoms with van der Waals surface area (Å²) in [6, 6.07) is 7.95. The first-order valence-electron chi connectivity index (χ1n) is 6.33. The molecule has 0 saturated carbocycles. The van der Waals surface area contributed by atoms with Crippen LogP contribution in [-0.4, -0.2) is 32.2 Å². The first kappa shape index (κ1) is 12.9. The molecule has 2 N–H and O–H groups in total. The number of nitrogens with two attached hydrogens (primary N) is 1. The van der Waals surface area contributed by atoms with Crippen LogP contribution in [0.2, 0.25) is 0 Å². The SMILES string of the molecule is COC(=O)c1ccccc1N1CCC(CN)C1C. The molecule has 2 rings (SSSR count). The highest BCUT2D eigenvalue weighted by atomic mass is 16.5. The predicted molar refractivity (Wildman–Crippen MR) is 71.8 cm³/mol. The number of carbonyl (C=O) groups excluding carboxylic acids is 1. The van der Waals surface area contributed by atoms with Crippen molar-refractivity contribution in [3.8, 4) is 0 Å². The summed E-state index contributed by atoms with van der Waals surface area (Å²) in [4.78, 5) is 14.0. The first-order chi connectivity index (χ1) is 8.69. The van der Waals surface area contributed by atoms with Crippen molar-refractivity contribution in [3.05, 3.63) is 29.8 Å². The largest absolute Gasteiger partial charge is 0.465 e. The lowest BCUT2D eigenvalue weighted by Gasteiger charge is -2.27. The Balaban J connectivity index is 2.31. The highest BCUT2D eigenvalue weighted by Crippen LogP contribution is 2.31. The van der Waals surface area contributed by atoms with Gasteiger partial charge >= 0.3 is 5.97 Å². The van der Waals surface area contributed by atoms with E-state index in [2.05, 4.69) is 11.8 Å². The van der Waals surface area contributed by atoms with E-state index in [-0.39, 0.29) is 5.97 Å². The Bertz CT molecular complexity index is 434. The molecule has 0 amide bonds. The Morgan fingerprint density at radius 3 is 2.83 bits per heavy atom. The molecule has 1 aliphatic heterocycles. The molecule has 1 aromatic carbocycles. The van der Waals surface area contributed by atoms with Crippen LogP contribution in [0, 0.1) is 5.92 Å². The molecule has 1 aliphatic rings. The summed E-state index contributed by atoms with van der Waals surface area (Å²) >= 11 is 0. The average molecular weight is 248 g/mol. The fourth-order valence-electron chi connectivity index (χ4n) is 2.67. The molecule has 2 unspecified atom stereocenters. The van der Waals surface area contributed by atoms with Gasteiger partial charge in [-0.15, -0.1) is 0 Å². The van der Waals surface area contributed by atoms with Crippen molar-refractivity contribution >= 4 is 11.7 Å². The van der Waals surface area contributed by atoms with Crippen LogP contribution in [0.5, 0.6) is 0 Å². The maximum absolute atomic E-state index is 11.8. The normalized spacial score (nSPS) is 23.2. The number of methoxy groups -OCH3 is 1. The van der Waals surface area contributed by atoms with Crippen molar-refractivity contribution in [3.63, 3.8) is 0 Å². The topological polar surface area (TPSA) is 55.6 Å². The molecule has 0 aromatic heterocycles. The number of rotatable bonds is 3. The summed E-state index contributed by atoms with van der Waals surface area (Å²) in [6.07, 6.45) is 1.08. The fourth-order valence-corrected chi connectivity index (χ4v) is 2.67. The van der Waals surface area contributed by atoms with Crippen molar-refractivity contribution in [2.75, 3.05) is 25.1 Å². The van der Waals surface area contributed by atoms with Crippen LogP contribution < -0.4 is 10.6 Å². The van der Waals surface area contributed by atoms with Gasteiger partial charge < -0.3 is 15.4 Å². The first-order valence-corrected chi connectivity index (χ1v) is 6.33. The van der Waals surface area contributed by atoms with Gasteiger partial charge in [-0.3, -0.25) is 0 Å². The quantitative estimate of drug-likeness (QED) is 0.826. The second-order valence-corrected chi connectivity index (χ2v) is 4.73. The lowest BCUT2D eigenvalue weighted by atomic mass is 10.0. The molecular weight excluding hydrogens is 228 g/mol. The van der Waals surface area contributed by atoms with Crippen molar-refractivity contribution in [2.45, 2.75) is 19.4 Å². The summed E-state index contributed by atoms with van der Waals surface area (Å²) < 4.78 is 4.83. The van der Waals surface area contributed by atoms with Gasteiger partial charge in [0.1, 0.15) is 0 Å². The molecule has 18 heavy (non-hydrogen) atoms. The van der Waals surface area contributed by atoms with Crippen LogP contribution in [-0.2, 0) is 4.74 Å². The number of benzene rings is 1. The van der Waals surface area contributed by atoms with E-state index in [9.17, 15) is 4.79 Å². The zero-order valence-electron chi connectivity index (χ0n) is 10.9. The Morgan fingerprint density at radius 1 is 1.50 bits per heavy atom. The molecule has 1 aromatic rings. The van der Waals surface area contributed by atoms with Crippen LogP contribution in [0.1, 0.15) is 23.7 Å². The van der Waals surface area contributed by atoms with Gasteiger partial charge in [-0.05, 0) is 37.9 Å². The standard InChI is InChI=1S/C14H20N2O2/c1-10-11(9-15)7-8-16(10)13-6-4-3-5-12(13)14(17)18-2/h3-6,10-11H,7-9,15H2,1-2H3.